The number of carbonyl (C=O) groups excluding carboxylic acids is 2. The van der Waals surface area contributed by atoms with Gasteiger partial charge in [-0.15, -0.1) is 0 Å². The van der Waals surface area contributed by atoms with E-state index in [0.717, 1.165) is 86.8 Å². The lowest BCUT2D eigenvalue weighted by Crippen LogP contribution is -2.55. The van der Waals surface area contributed by atoms with Gasteiger partial charge in [0.15, 0.2) is 0 Å². The van der Waals surface area contributed by atoms with Crippen LogP contribution in [0.1, 0.15) is 112 Å². The summed E-state index contributed by atoms with van der Waals surface area (Å²) in [5.74, 6) is 2.82. The fraction of sp³-hybridized carbons (Fsp3) is 0.480. The van der Waals surface area contributed by atoms with Crippen molar-refractivity contribution in [3.63, 3.8) is 0 Å². The van der Waals surface area contributed by atoms with Gasteiger partial charge in [-0.05, 0) is 156 Å². The van der Waals surface area contributed by atoms with Crippen LogP contribution in [0.5, 0.6) is 11.5 Å². The lowest BCUT2D eigenvalue weighted by Gasteiger charge is -2.54. The highest BCUT2D eigenvalue weighted by molar-refractivity contribution is 6.30. The Kier molecular flexibility index (Phi) is 12.3. The van der Waals surface area contributed by atoms with Crippen LogP contribution in [-0.4, -0.2) is 26.0 Å². The van der Waals surface area contributed by atoms with Crippen molar-refractivity contribution in [2.24, 2.45) is 22.7 Å². The summed E-state index contributed by atoms with van der Waals surface area (Å²) in [6.07, 6.45) is 10.4. The van der Waals surface area contributed by atoms with Crippen molar-refractivity contribution in [1.29, 1.82) is 0 Å². The summed E-state index contributed by atoms with van der Waals surface area (Å²) < 4.78 is 11.0. The Bertz CT molecular complexity index is 1970. The van der Waals surface area contributed by atoms with Gasteiger partial charge in [-0.1, -0.05) is 100 Å². The van der Waals surface area contributed by atoms with Gasteiger partial charge in [0.25, 0.3) is 0 Å². The molecule has 2 N–H and O–H groups in total. The smallest absolute Gasteiger partial charge is 0.226 e. The number of fused-ring (bicyclic) bond motifs is 6. The molecule has 8 rings (SSSR count). The average molecular weight is 824 g/mol. The molecule has 0 spiro atoms. The summed E-state index contributed by atoms with van der Waals surface area (Å²) in [5, 5.41) is 7.87. The summed E-state index contributed by atoms with van der Waals surface area (Å²) in [7, 11) is 3.44. The van der Waals surface area contributed by atoms with E-state index in [1.807, 2.05) is 48.5 Å². The van der Waals surface area contributed by atoms with Crippen LogP contribution in [0, 0.1) is 22.7 Å². The summed E-state index contributed by atoms with van der Waals surface area (Å²) >= 11 is 12.0. The van der Waals surface area contributed by atoms with Crippen molar-refractivity contribution in [3.05, 3.63) is 128 Å². The molecule has 0 saturated heterocycles. The average Bonchev–Trinajstić information content (AvgIpc) is 3.23. The minimum atomic E-state index is -0.361. The zero-order valence-electron chi connectivity index (χ0n) is 35.1. The lowest BCUT2D eigenvalue weighted by molar-refractivity contribution is -0.139. The molecule has 8 heteroatoms. The first-order chi connectivity index (χ1) is 27.7. The lowest BCUT2D eigenvalue weighted by atomic mass is 9.49. The molecular weight excluding hydrogens is 763 g/mol. The van der Waals surface area contributed by atoms with Gasteiger partial charge in [0.1, 0.15) is 11.5 Å². The first kappa shape index (κ1) is 42.1. The Hall–Kier alpha value is -4.00. The third kappa shape index (κ3) is 8.00. The maximum Gasteiger partial charge on any atom is 0.226 e. The third-order valence-corrected chi connectivity index (χ3v) is 15.4. The molecule has 4 aliphatic rings. The predicted octanol–water partition coefficient (Wildman–Crippen LogP) is 11.4. The third-order valence-electron chi connectivity index (χ3n) is 14.9. The zero-order valence-corrected chi connectivity index (χ0v) is 36.6. The van der Waals surface area contributed by atoms with Gasteiger partial charge < -0.3 is 20.1 Å². The van der Waals surface area contributed by atoms with Crippen LogP contribution < -0.4 is 20.1 Å². The molecule has 2 saturated carbocycles. The maximum absolute atomic E-state index is 13.4. The number of aryl methyl sites for hydroxylation is 2. The molecule has 0 aliphatic heterocycles. The van der Waals surface area contributed by atoms with E-state index in [2.05, 4.69) is 74.7 Å². The van der Waals surface area contributed by atoms with E-state index in [1.165, 1.54) is 22.3 Å². The summed E-state index contributed by atoms with van der Waals surface area (Å²) in [4.78, 5) is 26.9. The SMILES string of the molecule is COc1ccc2c(c1)[C@@]1(C)CCC[C@](C)(C(=O)NCc3ccc(Cl)cc3)[C@@H]1CC2.COc1ccc2c(c1)[C@@]1(C)CCC[C@](C)(C(=O)NCc3ccc(Cl)cc3)[C@@H]1CC2. The number of amides is 2. The highest BCUT2D eigenvalue weighted by atomic mass is 35.5. The zero-order chi connectivity index (χ0) is 41.3. The monoisotopic (exact) mass is 822 g/mol. The van der Waals surface area contributed by atoms with Crippen LogP contribution in [0.3, 0.4) is 0 Å². The van der Waals surface area contributed by atoms with Crippen LogP contribution in [0.4, 0.5) is 0 Å². The normalized spacial score (nSPS) is 28.2. The van der Waals surface area contributed by atoms with Gasteiger partial charge in [-0.25, -0.2) is 0 Å². The van der Waals surface area contributed by atoms with E-state index in [1.54, 1.807) is 14.2 Å². The van der Waals surface area contributed by atoms with Gasteiger partial charge >= 0.3 is 0 Å². The van der Waals surface area contributed by atoms with E-state index in [-0.39, 0.29) is 33.5 Å². The van der Waals surface area contributed by atoms with Crippen molar-refractivity contribution in [1.82, 2.24) is 10.6 Å². The Balaban J connectivity index is 0.000000177. The van der Waals surface area contributed by atoms with Crippen molar-refractivity contribution < 1.29 is 19.1 Å². The first-order valence-electron chi connectivity index (χ1n) is 21.1. The van der Waals surface area contributed by atoms with Gasteiger partial charge in [0, 0.05) is 23.1 Å². The second kappa shape index (κ2) is 16.9. The van der Waals surface area contributed by atoms with Crippen LogP contribution in [0.25, 0.3) is 0 Å². The van der Waals surface area contributed by atoms with Crippen LogP contribution >= 0.6 is 23.2 Å². The second-order valence-electron chi connectivity index (χ2n) is 18.2. The van der Waals surface area contributed by atoms with Crippen molar-refractivity contribution in [3.8, 4) is 11.5 Å². The molecule has 58 heavy (non-hydrogen) atoms. The molecule has 4 aromatic rings. The Morgan fingerprint density at radius 1 is 0.586 bits per heavy atom. The quantitative estimate of drug-likeness (QED) is 0.186. The minimum absolute atomic E-state index is 0.00668. The molecule has 0 radical (unpaired) electrons. The summed E-state index contributed by atoms with van der Waals surface area (Å²) in [5.41, 5.74) is 7.02. The number of ether oxygens (including phenoxy) is 2. The van der Waals surface area contributed by atoms with Crippen LogP contribution in [-0.2, 0) is 46.4 Å². The maximum atomic E-state index is 13.4. The fourth-order valence-corrected chi connectivity index (χ4v) is 11.9. The number of carbonyl (C=O) groups is 2. The van der Waals surface area contributed by atoms with Gasteiger partial charge in [-0.2, -0.15) is 0 Å². The molecule has 308 valence electrons. The molecule has 4 aliphatic carbocycles. The van der Waals surface area contributed by atoms with Crippen molar-refractivity contribution in [2.45, 2.75) is 116 Å². The number of hydrogen-bond acceptors (Lipinski definition) is 4. The van der Waals surface area contributed by atoms with Crippen LogP contribution in [0.2, 0.25) is 10.0 Å². The van der Waals surface area contributed by atoms with Crippen molar-refractivity contribution in [2.75, 3.05) is 14.2 Å². The van der Waals surface area contributed by atoms with E-state index >= 15 is 0 Å². The molecule has 4 aromatic carbocycles. The van der Waals surface area contributed by atoms with Crippen molar-refractivity contribution >= 4 is 35.0 Å². The fourth-order valence-electron chi connectivity index (χ4n) is 11.6. The molecule has 0 unspecified atom stereocenters. The summed E-state index contributed by atoms with van der Waals surface area (Å²) in [6, 6.07) is 28.3. The molecule has 0 heterocycles. The topological polar surface area (TPSA) is 76.7 Å². The first-order valence-corrected chi connectivity index (χ1v) is 21.9. The Morgan fingerprint density at radius 2 is 0.966 bits per heavy atom. The minimum Gasteiger partial charge on any atom is -0.497 e. The highest BCUT2D eigenvalue weighted by Gasteiger charge is 2.56. The number of benzene rings is 4. The second-order valence-corrected chi connectivity index (χ2v) is 19.1. The van der Waals surface area contributed by atoms with E-state index in [9.17, 15) is 9.59 Å². The Morgan fingerprint density at radius 3 is 1.33 bits per heavy atom. The van der Waals surface area contributed by atoms with Gasteiger partial charge in [0.2, 0.25) is 11.8 Å². The number of hydrogen-bond donors (Lipinski definition) is 2. The molecule has 0 aromatic heterocycles. The molecule has 0 bridgehead atoms. The molecule has 6 atom stereocenters. The van der Waals surface area contributed by atoms with Crippen LogP contribution in [0.15, 0.2) is 84.9 Å². The molecule has 2 amide bonds. The standard InChI is InChI=1S/2C25H30ClNO2/c2*1-24-13-4-14-25(2,23(28)27-16-17-5-9-19(26)10-6-17)22(24)12-8-18-7-11-20(29-3)15-21(18)24/h2*5-7,9-11,15,22H,4,8,12-14,16H2,1-3H3,(H,27,28)/t2*22-,24-,25+/m11/s1. The predicted molar refractivity (Wildman–Crippen MR) is 235 cm³/mol. The number of nitrogens with one attached hydrogen (secondary N) is 2. The number of rotatable bonds is 8. The molecular formula is C50H60Cl2N2O4. The highest BCUT2D eigenvalue weighted by Crippen LogP contribution is 2.59. The Labute approximate surface area is 355 Å². The van der Waals surface area contributed by atoms with E-state index in [4.69, 9.17) is 32.7 Å². The van der Waals surface area contributed by atoms with E-state index in [0.29, 0.717) is 35.0 Å². The summed E-state index contributed by atoms with van der Waals surface area (Å²) in [6.45, 7) is 10.2. The largest absolute Gasteiger partial charge is 0.497 e. The number of halogens is 2. The molecule has 2 fully saturated rings. The van der Waals surface area contributed by atoms with E-state index < -0.39 is 0 Å². The molecule has 6 nitrogen and oxygen atoms in total. The van der Waals surface area contributed by atoms with Gasteiger partial charge in [-0.3, -0.25) is 9.59 Å². The number of methoxy groups -OCH3 is 2. The van der Waals surface area contributed by atoms with Gasteiger partial charge in [0.05, 0.1) is 25.0 Å².